The minimum absolute atomic E-state index is 0.118. The van der Waals surface area contributed by atoms with Crippen molar-refractivity contribution in [2.75, 3.05) is 30.3 Å². The SMILES string of the molecule is Cc1ccc(N(CCCC(=O)NCCOc2ccccc2C)S(C)(=O)=O)c(C)c1. The molecule has 0 heterocycles. The molecule has 1 amide bonds. The quantitative estimate of drug-likeness (QED) is 0.601. The van der Waals surface area contributed by atoms with E-state index in [4.69, 9.17) is 4.74 Å². The molecule has 6 nitrogen and oxygen atoms in total. The molecule has 0 aliphatic rings. The summed E-state index contributed by atoms with van der Waals surface area (Å²) in [7, 11) is -3.43. The number of carbonyl (C=O) groups excluding carboxylic acids is 1. The molecule has 0 aliphatic carbocycles. The van der Waals surface area contributed by atoms with E-state index < -0.39 is 10.0 Å². The van der Waals surface area contributed by atoms with Crippen LogP contribution in [0, 0.1) is 20.8 Å². The van der Waals surface area contributed by atoms with Crippen molar-refractivity contribution in [3.63, 3.8) is 0 Å². The van der Waals surface area contributed by atoms with Crippen LogP contribution in [0.1, 0.15) is 29.5 Å². The highest BCUT2D eigenvalue weighted by atomic mass is 32.2. The number of hydrogen-bond donors (Lipinski definition) is 1. The Kier molecular flexibility index (Phi) is 8.08. The van der Waals surface area contributed by atoms with E-state index >= 15 is 0 Å². The maximum Gasteiger partial charge on any atom is 0.232 e. The summed E-state index contributed by atoms with van der Waals surface area (Å²) in [6.45, 7) is 6.87. The first-order valence-electron chi connectivity index (χ1n) is 9.68. The standard InChI is InChI=1S/C22H30N2O4S/c1-17-11-12-20(19(3)16-17)24(29(4,26)27)14-7-10-22(25)23-13-15-28-21-9-6-5-8-18(21)2/h5-6,8-9,11-12,16H,7,10,13-15H2,1-4H3,(H,23,25). The van der Waals surface area contributed by atoms with E-state index in [2.05, 4.69) is 5.32 Å². The molecule has 0 aliphatic heterocycles. The molecule has 0 fully saturated rings. The molecule has 0 unspecified atom stereocenters. The minimum atomic E-state index is -3.43. The average molecular weight is 419 g/mol. The summed E-state index contributed by atoms with van der Waals surface area (Å²) in [5, 5.41) is 2.81. The Bertz CT molecular complexity index is 942. The Morgan fingerprint density at radius 1 is 1.07 bits per heavy atom. The van der Waals surface area contributed by atoms with E-state index in [9.17, 15) is 13.2 Å². The van der Waals surface area contributed by atoms with Crippen LogP contribution >= 0.6 is 0 Å². The van der Waals surface area contributed by atoms with E-state index in [-0.39, 0.29) is 18.9 Å². The third-order valence-corrected chi connectivity index (χ3v) is 5.74. The smallest absolute Gasteiger partial charge is 0.232 e. The number of para-hydroxylation sites is 1. The van der Waals surface area contributed by atoms with Crippen molar-refractivity contribution in [2.45, 2.75) is 33.6 Å². The predicted molar refractivity (Wildman–Crippen MR) is 117 cm³/mol. The number of carbonyl (C=O) groups is 1. The van der Waals surface area contributed by atoms with Gasteiger partial charge in [-0.25, -0.2) is 8.42 Å². The van der Waals surface area contributed by atoms with Crippen LogP contribution in [0.2, 0.25) is 0 Å². The van der Waals surface area contributed by atoms with E-state index in [0.29, 0.717) is 25.3 Å². The Balaban J connectivity index is 1.80. The highest BCUT2D eigenvalue weighted by Crippen LogP contribution is 2.24. The molecule has 0 saturated carbocycles. The molecule has 0 atom stereocenters. The van der Waals surface area contributed by atoms with Gasteiger partial charge in [0.05, 0.1) is 18.5 Å². The molecule has 7 heteroatoms. The number of benzene rings is 2. The van der Waals surface area contributed by atoms with Gasteiger partial charge in [0.1, 0.15) is 12.4 Å². The molecule has 0 aromatic heterocycles. The number of nitrogens with one attached hydrogen (secondary N) is 1. The summed E-state index contributed by atoms with van der Waals surface area (Å²) < 4.78 is 31.5. The van der Waals surface area contributed by atoms with Crippen LogP contribution < -0.4 is 14.4 Å². The van der Waals surface area contributed by atoms with Crippen molar-refractivity contribution < 1.29 is 17.9 Å². The lowest BCUT2D eigenvalue weighted by atomic mass is 10.1. The zero-order valence-corrected chi connectivity index (χ0v) is 18.4. The largest absolute Gasteiger partial charge is 0.491 e. The Morgan fingerprint density at radius 2 is 1.79 bits per heavy atom. The second kappa shape index (κ2) is 10.3. The van der Waals surface area contributed by atoms with E-state index in [0.717, 1.165) is 22.4 Å². The molecule has 0 saturated heterocycles. The van der Waals surface area contributed by atoms with Gasteiger partial charge >= 0.3 is 0 Å². The van der Waals surface area contributed by atoms with Gasteiger partial charge in [0.25, 0.3) is 0 Å². The van der Waals surface area contributed by atoms with Gasteiger partial charge in [-0.15, -0.1) is 0 Å². The molecule has 2 rings (SSSR count). The maximum atomic E-state index is 12.2. The molecule has 0 spiro atoms. The Morgan fingerprint density at radius 3 is 2.45 bits per heavy atom. The normalized spacial score (nSPS) is 11.2. The minimum Gasteiger partial charge on any atom is -0.491 e. The molecule has 2 aromatic carbocycles. The first-order valence-corrected chi connectivity index (χ1v) is 11.5. The summed E-state index contributed by atoms with van der Waals surface area (Å²) in [4.78, 5) is 12.1. The number of ether oxygens (including phenoxy) is 1. The first-order chi connectivity index (χ1) is 13.7. The lowest BCUT2D eigenvalue weighted by Gasteiger charge is -2.24. The van der Waals surface area contributed by atoms with Gasteiger partial charge in [0.15, 0.2) is 0 Å². The average Bonchev–Trinajstić information content (AvgIpc) is 2.63. The highest BCUT2D eigenvalue weighted by molar-refractivity contribution is 7.92. The number of anilines is 1. The van der Waals surface area contributed by atoms with E-state index in [1.54, 1.807) is 0 Å². The number of nitrogens with zero attached hydrogens (tertiary/aromatic N) is 1. The first kappa shape index (κ1) is 22.7. The number of aryl methyl sites for hydroxylation is 3. The van der Waals surface area contributed by atoms with E-state index in [1.807, 2.05) is 63.2 Å². The van der Waals surface area contributed by atoms with E-state index in [1.165, 1.54) is 10.6 Å². The monoisotopic (exact) mass is 418 g/mol. The second-order valence-corrected chi connectivity index (χ2v) is 9.10. The fourth-order valence-electron chi connectivity index (χ4n) is 3.09. The second-order valence-electron chi connectivity index (χ2n) is 7.19. The summed E-state index contributed by atoms with van der Waals surface area (Å²) >= 11 is 0. The number of sulfonamides is 1. The van der Waals surface area contributed by atoms with Crippen molar-refractivity contribution in [3.05, 3.63) is 59.2 Å². The third-order valence-electron chi connectivity index (χ3n) is 4.56. The van der Waals surface area contributed by atoms with Crippen molar-refractivity contribution in [1.29, 1.82) is 0 Å². The van der Waals surface area contributed by atoms with Crippen LogP contribution in [0.4, 0.5) is 5.69 Å². The third kappa shape index (κ3) is 7.09. The Labute approximate surface area is 173 Å². The van der Waals surface area contributed by atoms with Gasteiger partial charge in [0, 0.05) is 13.0 Å². The van der Waals surface area contributed by atoms with Gasteiger partial charge in [-0.05, 0) is 50.5 Å². The van der Waals surface area contributed by atoms with Crippen LogP contribution in [0.15, 0.2) is 42.5 Å². The van der Waals surface area contributed by atoms with Crippen molar-refractivity contribution in [2.24, 2.45) is 0 Å². The Hall–Kier alpha value is -2.54. The molecule has 29 heavy (non-hydrogen) atoms. The van der Waals surface area contributed by atoms with Gasteiger partial charge in [-0.2, -0.15) is 0 Å². The van der Waals surface area contributed by atoms with Crippen molar-refractivity contribution in [1.82, 2.24) is 5.32 Å². The zero-order chi connectivity index (χ0) is 21.4. The summed E-state index contributed by atoms with van der Waals surface area (Å²) in [6, 6.07) is 13.4. The molecule has 1 N–H and O–H groups in total. The van der Waals surface area contributed by atoms with Crippen molar-refractivity contribution in [3.8, 4) is 5.75 Å². The fourth-order valence-corrected chi connectivity index (χ4v) is 4.11. The molecular weight excluding hydrogens is 388 g/mol. The van der Waals surface area contributed by atoms with Crippen LogP contribution in [0.3, 0.4) is 0 Å². The van der Waals surface area contributed by atoms with Gasteiger partial charge in [-0.3, -0.25) is 9.10 Å². The van der Waals surface area contributed by atoms with Crippen LogP contribution in [-0.4, -0.2) is 40.3 Å². The lowest BCUT2D eigenvalue weighted by Crippen LogP contribution is -2.33. The topological polar surface area (TPSA) is 75.7 Å². The van der Waals surface area contributed by atoms with Gasteiger partial charge in [-0.1, -0.05) is 35.9 Å². The maximum absolute atomic E-state index is 12.2. The molecule has 0 bridgehead atoms. The molecule has 158 valence electrons. The summed E-state index contributed by atoms with van der Waals surface area (Å²) in [5.74, 6) is 0.687. The molecule has 2 aromatic rings. The number of hydrogen-bond acceptors (Lipinski definition) is 4. The predicted octanol–water partition coefficient (Wildman–Crippen LogP) is 3.35. The van der Waals surface area contributed by atoms with Crippen molar-refractivity contribution >= 4 is 21.6 Å². The highest BCUT2D eigenvalue weighted by Gasteiger charge is 2.19. The lowest BCUT2D eigenvalue weighted by molar-refractivity contribution is -0.121. The van der Waals surface area contributed by atoms with Crippen LogP contribution in [-0.2, 0) is 14.8 Å². The summed E-state index contributed by atoms with van der Waals surface area (Å²) in [5.41, 5.74) is 3.68. The van der Waals surface area contributed by atoms with Gasteiger partial charge in [0.2, 0.25) is 15.9 Å². The zero-order valence-electron chi connectivity index (χ0n) is 17.6. The number of rotatable bonds is 10. The number of amides is 1. The molecule has 0 radical (unpaired) electrons. The van der Waals surface area contributed by atoms with Crippen LogP contribution in [0.25, 0.3) is 0 Å². The van der Waals surface area contributed by atoms with Crippen LogP contribution in [0.5, 0.6) is 5.75 Å². The van der Waals surface area contributed by atoms with Gasteiger partial charge < -0.3 is 10.1 Å². The molecular formula is C22H30N2O4S. The fraction of sp³-hybridized carbons (Fsp3) is 0.409. The summed E-state index contributed by atoms with van der Waals surface area (Å²) in [6.07, 6.45) is 1.88.